The van der Waals surface area contributed by atoms with E-state index in [-0.39, 0.29) is 23.1 Å². The van der Waals surface area contributed by atoms with Crippen molar-refractivity contribution in [3.63, 3.8) is 0 Å². The zero-order chi connectivity index (χ0) is 21.7. The van der Waals surface area contributed by atoms with Gasteiger partial charge < -0.3 is 10.1 Å². The first kappa shape index (κ1) is 21.2. The highest BCUT2D eigenvalue weighted by Gasteiger charge is 2.23. The summed E-state index contributed by atoms with van der Waals surface area (Å²) in [6.07, 6.45) is -0.129. The van der Waals surface area contributed by atoms with E-state index in [2.05, 4.69) is 17.3 Å². The summed E-state index contributed by atoms with van der Waals surface area (Å²) in [5, 5.41) is 7.66. The van der Waals surface area contributed by atoms with E-state index >= 15 is 0 Å². The van der Waals surface area contributed by atoms with Crippen LogP contribution in [0.3, 0.4) is 0 Å². The van der Waals surface area contributed by atoms with Crippen LogP contribution in [-0.2, 0) is 16.6 Å². The number of carbonyl (C=O) groups excluding carboxylic acids is 2. The summed E-state index contributed by atoms with van der Waals surface area (Å²) >= 11 is 0. The Morgan fingerprint density at radius 3 is 2.37 bits per heavy atom. The normalized spacial score (nSPS) is 12.9. The number of aryl methyl sites for hydroxylation is 1. The smallest absolute Gasteiger partial charge is 0.360 e. The largest absolute Gasteiger partial charge is 0.448 e. The van der Waals surface area contributed by atoms with Gasteiger partial charge in [0, 0.05) is 24.9 Å². The van der Waals surface area contributed by atoms with E-state index in [1.165, 1.54) is 14.0 Å². The number of aromatic nitrogens is 2. The molecule has 0 saturated heterocycles. The van der Waals surface area contributed by atoms with Crippen molar-refractivity contribution in [2.75, 3.05) is 6.54 Å². The van der Waals surface area contributed by atoms with Gasteiger partial charge in [-0.15, -0.1) is 0 Å². The van der Waals surface area contributed by atoms with Gasteiger partial charge in [0.2, 0.25) is 0 Å². The van der Waals surface area contributed by atoms with Crippen molar-refractivity contribution in [2.45, 2.75) is 32.3 Å². The van der Waals surface area contributed by atoms with Gasteiger partial charge in [-0.1, -0.05) is 55.5 Å². The van der Waals surface area contributed by atoms with E-state index < -0.39 is 12.1 Å². The molecule has 0 bridgehead atoms. The second-order valence-electron chi connectivity index (χ2n) is 7.13. The van der Waals surface area contributed by atoms with Crippen molar-refractivity contribution >= 4 is 22.6 Å². The van der Waals surface area contributed by atoms with Gasteiger partial charge in [0.25, 0.3) is 11.5 Å². The monoisotopic (exact) mass is 407 g/mol. The fourth-order valence-electron chi connectivity index (χ4n) is 3.31. The Morgan fingerprint density at radius 1 is 1.07 bits per heavy atom. The summed E-state index contributed by atoms with van der Waals surface area (Å²) in [6.45, 7) is 4.02. The zero-order valence-corrected chi connectivity index (χ0v) is 17.3. The molecule has 7 heteroatoms. The predicted octanol–water partition coefficient (Wildman–Crippen LogP) is 2.79. The maximum absolute atomic E-state index is 12.7. The van der Waals surface area contributed by atoms with Crippen LogP contribution in [0.15, 0.2) is 59.4 Å². The van der Waals surface area contributed by atoms with Crippen LogP contribution in [0.1, 0.15) is 42.2 Å². The molecule has 156 valence electrons. The third kappa shape index (κ3) is 4.56. The van der Waals surface area contributed by atoms with Crippen LogP contribution in [0.5, 0.6) is 0 Å². The Balaban J connectivity index is 1.69. The van der Waals surface area contributed by atoms with Crippen molar-refractivity contribution in [3.05, 3.63) is 76.2 Å². The predicted molar refractivity (Wildman–Crippen MR) is 114 cm³/mol. The van der Waals surface area contributed by atoms with Crippen LogP contribution in [0.2, 0.25) is 0 Å². The molecule has 30 heavy (non-hydrogen) atoms. The highest BCUT2D eigenvalue weighted by molar-refractivity contribution is 6.02. The molecule has 1 N–H and O–H groups in total. The second-order valence-corrected chi connectivity index (χ2v) is 7.13. The van der Waals surface area contributed by atoms with Crippen LogP contribution >= 0.6 is 0 Å². The number of nitrogens with one attached hydrogen (secondary N) is 1. The molecule has 0 saturated carbocycles. The molecule has 0 fully saturated rings. The molecule has 3 aromatic rings. The number of benzene rings is 2. The van der Waals surface area contributed by atoms with E-state index in [0.29, 0.717) is 17.3 Å². The van der Waals surface area contributed by atoms with Gasteiger partial charge in [-0.2, -0.15) is 5.10 Å². The maximum atomic E-state index is 12.7. The summed E-state index contributed by atoms with van der Waals surface area (Å²) < 4.78 is 6.44. The minimum Gasteiger partial charge on any atom is -0.448 e. The van der Waals surface area contributed by atoms with Gasteiger partial charge in [-0.05, 0) is 25.0 Å². The lowest BCUT2D eigenvalue weighted by atomic mass is 9.96. The summed E-state index contributed by atoms with van der Waals surface area (Å²) in [6, 6.07) is 16.6. The molecule has 2 atom stereocenters. The molecule has 2 aromatic carbocycles. The lowest BCUT2D eigenvalue weighted by Gasteiger charge is -2.18. The minimum atomic E-state index is -0.997. The molecule has 1 amide bonds. The average Bonchev–Trinajstić information content (AvgIpc) is 2.77. The molecular weight excluding hydrogens is 382 g/mol. The lowest BCUT2D eigenvalue weighted by molar-refractivity contribution is -0.129. The number of esters is 1. The zero-order valence-electron chi connectivity index (χ0n) is 17.3. The van der Waals surface area contributed by atoms with Crippen LogP contribution in [-0.4, -0.2) is 34.3 Å². The number of ether oxygens (including phenoxy) is 1. The molecule has 0 spiro atoms. The summed E-state index contributed by atoms with van der Waals surface area (Å²) in [5.41, 5.74) is 0.841. The molecule has 0 unspecified atom stereocenters. The van der Waals surface area contributed by atoms with Gasteiger partial charge in [-0.3, -0.25) is 9.59 Å². The number of rotatable bonds is 7. The quantitative estimate of drug-likeness (QED) is 0.608. The number of nitrogens with zero attached hydrogens (tertiary/aromatic N) is 2. The molecule has 7 nitrogen and oxygen atoms in total. The minimum absolute atomic E-state index is 0.00284. The highest BCUT2D eigenvalue weighted by Crippen LogP contribution is 2.18. The van der Waals surface area contributed by atoms with E-state index in [1.54, 1.807) is 24.3 Å². The summed E-state index contributed by atoms with van der Waals surface area (Å²) in [7, 11) is 1.47. The molecule has 1 heterocycles. The Hall–Kier alpha value is -3.48. The molecule has 1 aromatic heterocycles. The van der Waals surface area contributed by atoms with E-state index in [0.717, 1.165) is 16.7 Å². The van der Waals surface area contributed by atoms with Crippen molar-refractivity contribution in [2.24, 2.45) is 7.05 Å². The highest BCUT2D eigenvalue weighted by atomic mass is 16.5. The van der Waals surface area contributed by atoms with Crippen LogP contribution in [0.25, 0.3) is 10.8 Å². The first-order chi connectivity index (χ1) is 14.4. The Morgan fingerprint density at radius 2 is 1.70 bits per heavy atom. The summed E-state index contributed by atoms with van der Waals surface area (Å²) in [4.78, 5) is 37.4. The van der Waals surface area contributed by atoms with E-state index in [4.69, 9.17) is 4.74 Å². The molecule has 0 aliphatic carbocycles. The van der Waals surface area contributed by atoms with Crippen molar-refractivity contribution in [1.29, 1.82) is 0 Å². The van der Waals surface area contributed by atoms with Gasteiger partial charge in [0.05, 0.1) is 5.39 Å². The van der Waals surface area contributed by atoms with Crippen LogP contribution < -0.4 is 10.9 Å². The number of hydrogen-bond acceptors (Lipinski definition) is 5. The van der Waals surface area contributed by atoms with Gasteiger partial charge in [0.1, 0.15) is 0 Å². The Bertz CT molecular complexity index is 1110. The van der Waals surface area contributed by atoms with Crippen molar-refractivity contribution < 1.29 is 14.3 Å². The third-order valence-electron chi connectivity index (χ3n) is 5.09. The van der Waals surface area contributed by atoms with E-state index in [9.17, 15) is 14.4 Å². The first-order valence-electron chi connectivity index (χ1n) is 9.92. The lowest BCUT2D eigenvalue weighted by Crippen LogP contribution is -2.38. The maximum Gasteiger partial charge on any atom is 0.360 e. The summed E-state index contributed by atoms with van der Waals surface area (Å²) in [5.74, 6) is -0.960. The standard InChI is InChI=1S/C23H25N3O4/c1-4-16(17-10-6-5-7-11-17)14-24-21(27)15(2)30-23(29)20-18-12-8-9-13-19(18)22(28)26(3)25-20/h5-13,15-16H,4,14H2,1-3H3,(H,24,27)/t15-,16+/m0/s1. The van der Waals surface area contributed by atoms with Crippen LogP contribution in [0, 0.1) is 0 Å². The number of fused-ring (bicyclic) bond motifs is 1. The topological polar surface area (TPSA) is 90.3 Å². The Kier molecular flexibility index (Phi) is 6.61. The molecule has 3 rings (SSSR count). The van der Waals surface area contributed by atoms with Crippen molar-refractivity contribution in [3.8, 4) is 0 Å². The fraction of sp³-hybridized carbons (Fsp3) is 0.304. The average molecular weight is 407 g/mol. The fourth-order valence-corrected chi connectivity index (χ4v) is 3.31. The SMILES string of the molecule is CC[C@H](CNC(=O)[C@H](C)OC(=O)c1nn(C)c(=O)c2ccccc12)c1ccccc1. The molecule has 0 aliphatic heterocycles. The molecular formula is C23H25N3O4. The Labute approximate surface area is 174 Å². The van der Waals surface area contributed by atoms with Gasteiger partial charge in [-0.25, -0.2) is 9.48 Å². The van der Waals surface area contributed by atoms with E-state index in [1.807, 2.05) is 30.3 Å². The number of amides is 1. The number of hydrogen-bond donors (Lipinski definition) is 1. The van der Waals surface area contributed by atoms with Gasteiger partial charge >= 0.3 is 5.97 Å². The van der Waals surface area contributed by atoms with Crippen LogP contribution in [0.4, 0.5) is 0 Å². The van der Waals surface area contributed by atoms with Gasteiger partial charge in [0.15, 0.2) is 11.8 Å². The first-order valence-corrected chi connectivity index (χ1v) is 9.92. The third-order valence-corrected chi connectivity index (χ3v) is 5.09. The number of carbonyl (C=O) groups is 2. The molecule has 0 aliphatic rings. The second kappa shape index (κ2) is 9.35. The van der Waals surface area contributed by atoms with Crippen molar-refractivity contribution in [1.82, 2.24) is 15.1 Å². The molecule has 0 radical (unpaired) electrons.